The van der Waals surface area contributed by atoms with Crippen molar-refractivity contribution in [2.24, 2.45) is 5.92 Å². The van der Waals surface area contributed by atoms with Gasteiger partial charge in [-0.15, -0.1) is 0 Å². The van der Waals surface area contributed by atoms with E-state index in [0.717, 1.165) is 5.92 Å². The molecule has 1 saturated heterocycles. The molecule has 1 aliphatic carbocycles. The molecule has 1 heteroatoms. The van der Waals surface area contributed by atoms with Crippen molar-refractivity contribution >= 4 is 0 Å². The summed E-state index contributed by atoms with van der Waals surface area (Å²) in [6, 6.07) is 0. The van der Waals surface area contributed by atoms with Crippen LogP contribution in [0.25, 0.3) is 0 Å². The minimum Gasteiger partial charge on any atom is -0.301 e. The molecule has 1 spiro atoms. The molecule has 0 bridgehead atoms. The first-order chi connectivity index (χ1) is 5.23. The van der Waals surface area contributed by atoms with Gasteiger partial charge in [-0.05, 0) is 51.6 Å². The fraction of sp³-hybridized carbons (Fsp3) is 1.00. The van der Waals surface area contributed by atoms with E-state index in [0.29, 0.717) is 5.54 Å². The fourth-order valence-electron chi connectivity index (χ4n) is 3.01. The zero-order chi connectivity index (χ0) is 7.90. The van der Waals surface area contributed by atoms with Crippen molar-refractivity contribution < 1.29 is 0 Å². The molecule has 2 aliphatic rings. The molecule has 1 saturated carbocycles. The number of nitrogens with zero attached hydrogens (tertiary/aromatic N) is 1. The van der Waals surface area contributed by atoms with Crippen molar-refractivity contribution in [2.75, 3.05) is 13.6 Å². The highest BCUT2D eigenvalue weighted by Gasteiger charge is 2.43. The second-order valence-electron chi connectivity index (χ2n) is 4.60. The molecule has 2 rings (SSSR count). The average molecular weight is 153 g/mol. The Kier molecular flexibility index (Phi) is 1.71. The lowest BCUT2D eigenvalue weighted by atomic mass is 9.93. The minimum atomic E-state index is 0.652. The van der Waals surface area contributed by atoms with Gasteiger partial charge in [-0.25, -0.2) is 0 Å². The van der Waals surface area contributed by atoms with E-state index in [1.54, 1.807) is 0 Å². The van der Waals surface area contributed by atoms with Crippen LogP contribution in [0.5, 0.6) is 0 Å². The molecule has 1 heterocycles. The van der Waals surface area contributed by atoms with Gasteiger partial charge in [0.05, 0.1) is 0 Å². The molecular weight excluding hydrogens is 134 g/mol. The summed E-state index contributed by atoms with van der Waals surface area (Å²) in [6.07, 6.45) is 7.29. The first-order valence-corrected chi connectivity index (χ1v) is 4.94. The molecule has 1 aliphatic heterocycles. The van der Waals surface area contributed by atoms with Crippen LogP contribution in [0.1, 0.15) is 39.0 Å². The number of hydrogen-bond donors (Lipinski definition) is 0. The van der Waals surface area contributed by atoms with Crippen molar-refractivity contribution in [1.82, 2.24) is 4.90 Å². The van der Waals surface area contributed by atoms with E-state index in [4.69, 9.17) is 0 Å². The Morgan fingerprint density at radius 3 is 2.64 bits per heavy atom. The van der Waals surface area contributed by atoms with E-state index in [9.17, 15) is 0 Å². The van der Waals surface area contributed by atoms with Crippen LogP contribution in [0.2, 0.25) is 0 Å². The Balaban J connectivity index is 2.10. The van der Waals surface area contributed by atoms with E-state index < -0.39 is 0 Å². The molecule has 0 aromatic heterocycles. The summed E-state index contributed by atoms with van der Waals surface area (Å²) in [4.78, 5) is 2.61. The smallest absolute Gasteiger partial charge is 0.0209 e. The molecule has 2 atom stereocenters. The van der Waals surface area contributed by atoms with Crippen molar-refractivity contribution in [2.45, 2.75) is 44.6 Å². The minimum absolute atomic E-state index is 0.652. The highest BCUT2D eigenvalue weighted by molar-refractivity contribution is 4.99. The van der Waals surface area contributed by atoms with Gasteiger partial charge in [0.1, 0.15) is 0 Å². The third-order valence-electron chi connectivity index (χ3n) is 3.78. The third-order valence-corrected chi connectivity index (χ3v) is 3.78. The van der Waals surface area contributed by atoms with Gasteiger partial charge in [-0.1, -0.05) is 6.92 Å². The van der Waals surface area contributed by atoms with Crippen LogP contribution >= 0.6 is 0 Å². The molecular formula is C10H19N. The average Bonchev–Trinajstić information content (AvgIpc) is 2.46. The van der Waals surface area contributed by atoms with E-state index >= 15 is 0 Å². The van der Waals surface area contributed by atoms with Gasteiger partial charge in [0.15, 0.2) is 0 Å². The number of rotatable bonds is 0. The van der Waals surface area contributed by atoms with Crippen LogP contribution in [-0.2, 0) is 0 Å². The quantitative estimate of drug-likeness (QED) is 0.516. The Hall–Kier alpha value is -0.0400. The van der Waals surface area contributed by atoms with Gasteiger partial charge in [0, 0.05) is 5.54 Å². The predicted molar refractivity (Wildman–Crippen MR) is 47.6 cm³/mol. The first kappa shape index (κ1) is 7.60. The molecule has 0 radical (unpaired) electrons. The highest BCUT2D eigenvalue weighted by atomic mass is 15.2. The molecule has 0 aromatic carbocycles. The largest absolute Gasteiger partial charge is 0.301 e. The molecule has 0 amide bonds. The monoisotopic (exact) mass is 153 g/mol. The topological polar surface area (TPSA) is 3.24 Å². The van der Waals surface area contributed by atoms with Crippen molar-refractivity contribution in [3.05, 3.63) is 0 Å². The van der Waals surface area contributed by atoms with Crippen LogP contribution < -0.4 is 0 Å². The van der Waals surface area contributed by atoms with Crippen LogP contribution in [0.4, 0.5) is 0 Å². The molecule has 1 unspecified atom stereocenters. The van der Waals surface area contributed by atoms with Crippen molar-refractivity contribution in [1.29, 1.82) is 0 Å². The van der Waals surface area contributed by atoms with Crippen LogP contribution in [0.3, 0.4) is 0 Å². The summed E-state index contributed by atoms with van der Waals surface area (Å²) in [7, 11) is 2.31. The van der Waals surface area contributed by atoms with Crippen LogP contribution in [0, 0.1) is 5.92 Å². The van der Waals surface area contributed by atoms with Gasteiger partial charge >= 0.3 is 0 Å². The molecule has 0 N–H and O–H groups in total. The van der Waals surface area contributed by atoms with Crippen molar-refractivity contribution in [3.63, 3.8) is 0 Å². The van der Waals surface area contributed by atoms with E-state index in [-0.39, 0.29) is 0 Å². The maximum atomic E-state index is 2.61. The first-order valence-electron chi connectivity index (χ1n) is 4.94. The fourth-order valence-corrected chi connectivity index (χ4v) is 3.01. The van der Waals surface area contributed by atoms with E-state index in [2.05, 4.69) is 18.9 Å². The Labute approximate surface area is 69.8 Å². The lowest BCUT2D eigenvalue weighted by Gasteiger charge is -2.32. The molecule has 2 fully saturated rings. The second-order valence-corrected chi connectivity index (χ2v) is 4.60. The molecule has 1 nitrogen and oxygen atoms in total. The summed E-state index contributed by atoms with van der Waals surface area (Å²) >= 11 is 0. The lowest BCUT2D eigenvalue weighted by molar-refractivity contribution is 0.175. The SMILES string of the molecule is C[C@H]1CCC2(CCCN2C)C1. The maximum absolute atomic E-state index is 2.61. The summed E-state index contributed by atoms with van der Waals surface area (Å²) in [5.41, 5.74) is 0.652. The summed E-state index contributed by atoms with van der Waals surface area (Å²) in [5, 5.41) is 0. The van der Waals surface area contributed by atoms with Gasteiger partial charge < -0.3 is 4.90 Å². The summed E-state index contributed by atoms with van der Waals surface area (Å²) < 4.78 is 0. The van der Waals surface area contributed by atoms with Gasteiger partial charge in [-0.2, -0.15) is 0 Å². The summed E-state index contributed by atoms with van der Waals surface area (Å²) in [5.74, 6) is 0.982. The number of hydrogen-bond acceptors (Lipinski definition) is 1. The lowest BCUT2D eigenvalue weighted by Crippen LogP contribution is -2.38. The zero-order valence-corrected chi connectivity index (χ0v) is 7.77. The zero-order valence-electron chi connectivity index (χ0n) is 7.77. The van der Waals surface area contributed by atoms with E-state index in [1.807, 2.05) is 0 Å². The highest BCUT2D eigenvalue weighted by Crippen LogP contribution is 2.44. The van der Waals surface area contributed by atoms with Gasteiger partial charge in [0.25, 0.3) is 0 Å². The maximum Gasteiger partial charge on any atom is 0.0209 e. The molecule has 0 aromatic rings. The predicted octanol–water partition coefficient (Wildman–Crippen LogP) is 2.27. The second kappa shape index (κ2) is 2.48. The standard InChI is InChI=1S/C10H19N/c1-9-4-6-10(8-9)5-3-7-11(10)2/h9H,3-8H2,1-2H3/t9-,10?/m0/s1. The van der Waals surface area contributed by atoms with Crippen LogP contribution in [0.15, 0.2) is 0 Å². The molecule has 11 heavy (non-hydrogen) atoms. The van der Waals surface area contributed by atoms with Gasteiger partial charge in [0.2, 0.25) is 0 Å². The van der Waals surface area contributed by atoms with Crippen molar-refractivity contribution in [3.8, 4) is 0 Å². The van der Waals surface area contributed by atoms with Crippen LogP contribution in [-0.4, -0.2) is 24.0 Å². The normalized spacial score (nSPS) is 45.8. The number of likely N-dealkylation sites (tertiary alicyclic amines) is 1. The van der Waals surface area contributed by atoms with E-state index in [1.165, 1.54) is 38.6 Å². The summed E-state index contributed by atoms with van der Waals surface area (Å²) in [6.45, 7) is 3.74. The Bertz CT molecular complexity index is 155. The molecule has 64 valence electrons. The third kappa shape index (κ3) is 1.10. The van der Waals surface area contributed by atoms with Gasteiger partial charge in [-0.3, -0.25) is 0 Å². The Morgan fingerprint density at radius 2 is 2.18 bits per heavy atom. The Morgan fingerprint density at radius 1 is 1.36 bits per heavy atom.